The molecule has 0 unspecified atom stereocenters. The monoisotopic (exact) mass is 408 g/mol. The molecule has 0 atom stereocenters. The normalized spacial score (nSPS) is 14.1. The van der Waals surface area contributed by atoms with Crippen molar-refractivity contribution in [1.82, 2.24) is 19.9 Å². The zero-order chi connectivity index (χ0) is 21.1. The molecule has 30 heavy (non-hydrogen) atoms. The van der Waals surface area contributed by atoms with E-state index in [4.69, 9.17) is 4.52 Å². The van der Waals surface area contributed by atoms with E-state index in [1.807, 2.05) is 18.2 Å². The van der Waals surface area contributed by atoms with Gasteiger partial charge in [-0.3, -0.25) is 14.6 Å². The molecule has 1 saturated heterocycles. The predicted octanol–water partition coefficient (Wildman–Crippen LogP) is 2.71. The topological polar surface area (TPSA) is 79.5 Å². The SMILES string of the molecule is Cc1onc(-c2ccc(F)cc2)c1C(=O)N1CCN(C(=O)Cc2ccccn2)CC1. The smallest absolute Gasteiger partial charge is 0.259 e. The lowest BCUT2D eigenvalue weighted by molar-refractivity contribution is -0.132. The van der Waals surface area contributed by atoms with Gasteiger partial charge < -0.3 is 14.3 Å². The summed E-state index contributed by atoms with van der Waals surface area (Å²) in [6.07, 6.45) is 1.91. The number of carbonyl (C=O) groups is 2. The molecule has 1 aliphatic heterocycles. The average molecular weight is 408 g/mol. The van der Waals surface area contributed by atoms with Crippen LogP contribution < -0.4 is 0 Å². The van der Waals surface area contributed by atoms with E-state index in [1.54, 1.807) is 35.1 Å². The number of rotatable bonds is 4. The first-order chi connectivity index (χ1) is 14.5. The number of benzene rings is 1. The highest BCUT2D eigenvalue weighted by Crippen LogP contribution is 2.27. The summed E-state index contributed by atoms with van der Waals surface area (Å²) in [7, 11) is 0. The largest absolute Gasteiger partial charge is 0.360 e. The van der Waals surface area contributed by atoms with E-state index < -0.39 is 0 Å². The van der Waals surface area contributed by atoms with Crippen molar-refractivity contribution in [3.8, 4) is 11.3 Å². The highest BCUT2D eigenvalue weighted by Gasteiger charge is 2.29. The van der Waals surface area contributed by atoms with E-state index in [1.165, 1.54) is 12.1 Å². The minimum atomic E-state index is -0.363. The number of aromatic nitrogens is 2. The fraction of sp³-hybridized carbons (Fsp3) is 0.273. The van der Waals surface area contributed by atoms with Crippen molar-refractivity contribution in [2.24, 2.45) is 0 Å². The minimum absolute atomic E-state index is 0.00559. The highest BCUT2D eigenvalue weighted by molar-refractivity contribution is 6.01. The molecule has 4 rings (SSSR count). The Bertz CT molecular complexity index is 1040. The molecule has 1 aromatic carbocycles. The third-order valence-electron chi connectivity index (χ3n) is 5.17. The van der Waals surface area contributed by atoms with Crippen LogP contribution >= 0.6 is 0 Å². The van der Waals surface area contributed by atoms with Crippen LogP contribution in [0.4, 0.5) is 4.39 Å². The summed E-state index contributed by atoms with van der Waals surface area (Å²) in [5, 5.41) is 4.01. The summed E-state index contributed by atoms with van der Waals surface area (Å²) in [5.41, 5.74) is 2.10. The predicted molar refractivity (Wildman–Crippen MR) is 107 cm³/mol. The first-order valence-corrected chi connectivity index (χ1v) is 9.72. The standard InChI is InChI=1S/C22H21FN4O3/c1-15-20(21(25-30-15)16-5-7-17(23)8-6-16)22(29)27-12-10-26(11-13-27)19(28)14-18-4-2-3-9-24-18/h2-9H,10-14H2,1H3. The third kappa shape index (κ3) is 4.07. The number of carbonyl (C=O) groups excluding carboxylic acids is 2. The maximum Gasteiger partial charge on any atom is 0.259 e. The van der Waals surface area contributed by atoms with Crippen molar-refractivity contribution in [2.75, 3.05) is 26.2 Å². The molecule has 0 bridgehead atoms. The molecule has 0 saturated carbocycles. The van der Waals surface area contributed by atoms with Gasteiger partial charge in [-0.15, -0.1) is 0 Å². The van der Waals surface area contributed by atoms with Gasteiger partial charge in [-0.25, -0.2) is 4.39 Å². The zero-order valence-corrected chi connectivity index (χ0v) is 16.5. The Morgan fingerprint density at radius 1 is 1.03 bits per heavy atom. The van der Waals surface area contributed by atoms with Gasteiger partial charge in [0, 0.05) is 43.6 Å². The van der Waals surface area contributed by atoms with Crippen molar-refractivity contribution in [3.05, 3.63) is 71.5 Å². The Balaban J connectivity index is 1.43. The molecular weight excluding hydrogens is 387 g/mol. The van der Waals surface area contributed by atoms with Crippen LogP contribution in [0.5, 0.6) is 0 Å². The number of aryl methyl sites for hydroxylation is 1. The molecule has 154 valence electrons. The van der Waals surface area contributed by atoms with Crippen LogP contribution in [0, 0.1) is 12.7 Å². The molecule has 0 spiro atoms. The lowest BCUT2D eigenvalue weighted by Gasteiger charge is -2.34. The molecule has 1 fully saturated rings. The number of hydrogen-bond acceptors (Lipinski definition) is 5. The van der Waals surface area contributed by atoms with Crippen molar-refractivity contribution in [1.29, 1.82) is 0 Å². The van der Waals surface area contributed by atoms with Crippen LogP contribution in [0.25, 0.3) is 11.3 Å². The van der Waals surface area contributed by atoms with Gasteiger partial charge in [0.25, 0.3) is 5.91 Å². The average Bonchev–Trinajstić information content (AvgIpc) is 3.16. The van der Waals surface area contributed by atoms with E-state index in [9.17, 15) is 14.0 Å². The summed E-state index contributed by atoms with van der Waals surface area (Å²) >= 11 is 0. The Labute approximate surface area is 173 Å². The second-order valence-electron chi connectivity index (χ2n) is 7.14. The number of pyridine rings is 1. The van der Waals surface area contributed by atoms with E-state index in [2.05, 4.69) is 10.1 Å². The van der Waals surface area contributed by atoms with Gasteiger partial charge in [0.15, 0.2) is 0 Å². The van der Waals surface area contributed by atoms with Gasteiger partial charge in [-0.1, -0.05) is 11.2 Å². The number of amides is 2. The van der Waals surface area contributed by atoms with Gasteiger partial charge in [-0.05, 0) is 43.3 Å². The van der Waals surface area contributed by atoms with Gasteiger partial charge in [-0.2, -0.15) is 0 Å². The van der Waals surface area contributed by atoms with Crippen LogP contribution in [-0.4, -0.2) is 57.9 Å². The molecule has 8 heteroatoms. The zero-order valence-electron chi connectivity index (χ0n) is 16.5. The molecule has 1 aliphatic rings. The van der Waals surface area contributed by atoms with E-state index >= 15 is 0 Å². The van der Waals surface area contributed by atoms with Crippen molar-refractivity contribution >= 4 is 11.8 Å². The summed E-state index contributed by atoms with van der Waals surface area (Å²) in [5.74, 6) is -0.162. The van der Waals surface area contributed by atoms with E-state index in [0.29, 0.717) is 48.8 Å². The minimum Gasteiger partial charge on any atom is -0.360 e. The molecule has 3 aromatic rings. The summed E-state index contributed by atoms with van der Waals surface area (Å²) in [6.45, 7) is 3.42. The van der Waals surface area contributed by atoms with Crippen LogP contribution in [0.15, 0.2) is 53.2 Å². The Hall–Kier alpha value is -3.55. The van der Waals surface area contributed by atoms with E-state index in [-0.39, 0.29) is 24.1 Å². The Morgan fingerprint density at radius 2 is 1.73 bits per heavy atom. The molecule has 0 aliphatic carbocycles. The lowest BCUT2D eigenvalue weighted by Crippen LogP contribution is -2.51. The number of halogens is 1. The molecular formula is C22H21FN4O3. The summed E-state index contributed by atoms with van der Waals surface area (Å²) in [6, 6.07) is 11.3. The molecule has 0 radical (unpaired) electrons. The number of nitrogens with zero attached hydrogens (tertiary/aromatic N) is 4. The number of hydrogen-bond donors (Lipinski definition) is 0. The van der Waals surface area contributed by atoms with Crippen LogP contribution in [0.1, 0.15) is 21.8 Å². The van der Waals surface area contributed by atoms with Crippen molar-refractivity contribution in [2.45, 2.75) is 13.3 Å². The van der Waals surface area contributed by atoms with Gasteiger partial charge in [0.1, 0.15) is 22.8 Å². The molecule has 3 heterocycles. The maximum absolute atomic E-state index is 13.2. The lowest BCUT2D eigenvalue weighted by atomic mass is 10.0. The fourth-order valence-electron chi connectivity index (χ4n) is 3.52. The van der Waals surface area contributed by atoms with Gasteiger partial charge in [0.05, 0.1) is 6.42 Å². The Kier molecular flexibility index (Phi) is 5.56. The molecule has 0 N–H and O–H groups in total. The molecule has 7 nitrogen and oxygen atoms in total. The van der Waals surface area contributed by atoms with Crippen LogP contribution in [0.3, 0.4) is 0 Å². The third-order valence-corrected chi connectivity index (χ3v) is 5.17. The van der Waals surface area contributed by atoms with Crippen molar-refractivity contribution in [3.63, 3.8) is 0 Å². The van der Waals surface area contributed by atoms with E-state index in [0.717, 1.165) is 5.69 Å². The second-order valence-corrected chi connectivity index (χ2v) is 7.14. The van der Waals surface area contributed by atoms with Crippen LogP contribution in [-0.2, 0) is 11.2 Å². The molecule has 2 aromatic heterocycles. The highest BCUT2D eigenvalue weighted by atomic mass is 19.1. The maximum atomic E-state index is 13.2. The first kappa shape index (κ1) is 19.8. The summed E-state index contributed by atoms with van der Waals surface area (Å²) in [4.78, 5) is 33.3. The van der Waals surface area contributed by atoms with Gasteiger partial charge in [0.2, 0.25) is 5.91 Å². The van der Waals surface area contributed by atoms with Crippen LogP contribution in [0.2, 0.25) is 0 Å². The number of piperazine rings is 1. The Morgan fingerprint density at radius 3 is 2.40 bits per heavy atom. The fourth-order valence-corrected chi connectivity index (χ4v) is 3.52. The second kappa shape index (κ2) is 8.44. The molecule has 2 amide bonds. The van der Waals surface area contributed by atoms with Gasteiger partial charge >= 0.3 is 0 Å². The van der Waals surface area contributed by atoms with Crippen molar-refractivity contribution < 1.29 is 18.5 Å². The quantitative estimate of drug-likeness (QED) is 0.663. The summed E-state index contributed by atoms with van der Waals surface area (Å²) < 4.78 is 18.5. The first-order valence-electron chi connectivity index (χ1n) is 9.72.